The summed E-state index contributed by atoms with van der Waals surface area (Å²) >= 11 is 5.74. The number of nitrogens with zero attached hydrogens (tertiary/aromatic N) is 1. The molecule has 78 valence electrons. The first-order chi connectivity index (χ1) is 6.42. The number of hydrogen-bond donors (Lipinski definition) is 0. The minimum Gasteiger partial charge on any atom is -0.212 e. The minimum atomic E-state index is -3.19. The van der Waals surface area contributed by atoms with Crippen LogP contribution in [0.5, 0.6) is 0 Å². The predicted molar refractivity (Wildman–Crippen MR) is 57.8 cm³/mol. The molecule has 0 N–H and O–H groups in total. The second-order valence-electron chi connectivity index (χ2n) is 3.17. The van der Waals surface area contributed by atoms with E-state index in [1.165, 1.54) is 18.4 Å². The molecule has 0 radical (unpaired) electrons. The summed E-state index contributed by atoms with van der Waals surface area (Å²) < 4.78 is 24.2. The average Bonchev–Trinajstić information content (AvgIpc) is 2.02. The minimum absolute atomic E-state index is 0.0133. The van der Waals surface area contributed by atoms with Crippen LogP contribution in [0.4, 0.5) is 0 Å². The summed E-state index contributed by atoms with van der Waals surface area (Å²) in [7, 11) is -0.166. The van der Waals surface area contributed by atoms with Crippen LogP contribution in [0.1, 0.15) is 5.56 Å². The van der Waals surface area contributed by atoms with Crippen LogP contribution in [-0.4, -0.2) is 26.8 Å². The summed E-state index contributed by atoms with van der Waals surface area (Å²) in [5, 5.41) is 0.552. The Labute approximate surface area is 89.4 Å². The maximum atomic E-state index is 11.5. The first kappa shape index (κ1) is 11.5. The van der Waals surface area contributed by atoms with Gasteiger partial charge < -0.3 is 0 Å². The van der Waals surface area contributed by atoms with E-state index in [9.17, 15) is 8.42 Å². The van der Waals surface area contributed by atoms with Gasteiger partial charge in [-0.3, -0.25) is 0 Å². The van der Waals surface area contributed by atoms with Crippen molar-refractivity contribution in [3.8, 4) is 0 Å². The van der Waals surface area contributed by atoms with Crippen molar-refractivity contribution in [3.63, 3.8) is 0 Å². The van der Waals surface area contributed by atoms with Gasteiger partial charge in [-0.2, -0.15) is 0 Å². The van der Waals surface area contributed by atoms with Gasteiger partial charge in [0.05, 0.1) is 5.75 Å². The van der Waals surface area contributed by atoms with Crippen molar-refractivity contribution >= 4 is 21.6 Å². The molecule has 0 bridgehead atoms. The van der Waals surface area contributed by atoms with E-state index in [0.29, 0.717) is 10.6 Å². The van der Waals surface area contributed by atoms with Crippen LogP contribution in [0, 0.1) is 0 Å². The Bertz CT molecular complexity index is 415. The summed E-state index contributed by atoms with van der Waals surface area (Å²) in [6.07, 6.45) is 0. The van der Waals surface area contributed by atoms with Crippen molar-refractivity contribution in [2.45, 2.75) is 5.75 Å². The molecule has 0 fully saturated rings. The van der Waals surface area contributed by atoms with Gasteiger partial charge in [-0.1, -0.05) is 23.7 Å². The molecule has 0 aromatic heterocycles. The van der Waals surface area contributed by atoms with Crippen molar-refractivity contribution in [3.05, 3.63) is 34.9 Å². The maximum Gasteiger partial charge on any atom is 0.217 e. The van der Waals surface area contributed by atoms with Crippen molar-refractivity contribution in [1.82, 2.24) is 4.31 Å². The molecule has 0 spiro atoms. The molecule has 1 aromatic rings. The third kappa shape index (κ3) is 2.97. The van der Waals surface area contributed by atoms with E-state index in [1.54, 1.807) is 24.3 Å². The van der Waals surface area contributed by atoms with Gasteiger partial charge in [0.15, 0.2) is 0 Å². The van der Waals surface area contributed by atoms with E-state index in [2.05, 4.69) is 0 Å². The summed E-state index contributed by atoms with van der Waals surface area (Å²) in [6, 6.07) is 6.85. The molecule has 0 unspecified atom stereocenters. The fourth-order valence-electron chi connectivity index (χ4n) is 0.966. The number of hydrogen-bond acceptors (Lipinski definition) is 2. The molecule has 5 heteroatoms. The lowest BCUT2D eigenvalue weighted by molar-refractivity contribution is 0.520. The standard InChI is InChI=1S/C9H12ClNO2S/c1-11(2)14(12,13)7-8-4-3-5-9(10)6-8/h3-6H,7H2,1-2H3. The Morgan fingerprint density at radius 1 is 1.36 bits per heavy atom. The third-order valence-corrected chi connectivity index (χ3v) is 3.84. The first-order valence-corrected chi connectivity index (χ1v) is 6.05. The van der Waals surface area contributed by atoms with Gasteiger partial charge in [-0.05, 0) is 17.7 Å². The van der Waals surface area contributed by atoms with Crippen molar-refractivity contribution in [1.29, 1.82) is 0 Å². The largest absolute Gasteiger partial charge is 0.217 e. The maximum absolute atomic E-state index is 11.5. The Balaban J connectivity index is 2.90. The smallest absolute Gasteiger partial charge is 0.212 e. The zero-order valence-electron chi connectivity index (χ0n) is 8.07. The summed E-state index contributed by atoms with van der Waals surface area (Å²) in [5.41, 5.74) is 0.700. The van der Waals surface area contributed by atoms with Crippen LogP contribution in [0.25, 0.3) is 0 Å². The quantitative estimate of drug-likeness (QED) is 0.798. The molecular formula is C9H12ClNO2S. The highest BCUT2D eigenvalue weighted by Gasteiger charge is 2.14. The number of rotatable bonds is 3. The van der Waals surface area contributed by atoms with Crippen molar-refractivity contribution < 1.29 is 8.42 Å². The first-order valence-electron chi connectivity index (χ1n) is 4.06. The van der Waals surface area contributed by atoms with Crippen LogP contribution < -0.4 is 0 Å². The Kier molecular flexibility index (Phi) is 3.53. The second kappa shape index (κ2) is 4.29. The van der Waals surface area contributed by atoms with Gasteiger partial charge in [-0.25, -0.2) is 12.7 Å². The number of sulfonamides is 1. The van der Waals surface area contributed by atoms with Crippen LogP contribution in [0.2, 0.25) is 5.02 Å². The van der Waals surface area contributed by atoms with Gasteiger partial charge >= 0.3 is 0 Å². The lowest BCUT2D eigenvalue weighted by Gasteiger charge is -2.10. The number of benzene rings is 1. The molecule has 1 rings (SSSR count). The summed E-state index contributed by atoms with van der Waals surface area (Å²) in [6.45, 7) is 0. The Morgan fingerprint density at radius 3 is 2.50 bits per heavy atom. The molecule has 0 amide bonds. The van der Waals surface area contributed by atoms with E-state index < -0.39 is 10.0 Å². The molecule has 1 aromatic carbocycles. The van der Waals surface area contributed by atoms with E-state index in [-0.39, 0.29) is 5.75 Å². The van der Waals surface area contributed by atoms with Crippen LogP contribution in [-0.2, 0) is 15.8 Å². The molecule has 0 saturated heterocycles. The van der Waals surface area contributed by atoms with Gasteiger partial charge in [0, 0.05) is 19.1 Å². The zero-order valence-corrected chi connectivity index (χ0v) is 9.64. The molecule has 0 aliphatic rings. The Hall–Kier alpha value is -0.580. The summed E-state index contributed by atoms with van der Waals surface area (Å²) in [5.74, 6) is -0.0133. The Morgan fingerprint density at radius 2 is 2.00 bits per heavy atom. The predicted octanol–water partition coefficient (Wildman–Crippen LogP) is 1.73. The van der Waals surface area contributed by atoms with Crippen LogP contribution in [0.15, 0.2) is 24.3 Å². The molecule has 3 nitrogen and oxygen atoms in total. The van der Waals surface area contributed by atoms with Gasteiger partial charge in [0.2, 0.25) is 10.0 Å². The van der Waals surface area contributed by atoms with E-state index in [4.69, 9.17) is 11.6 Å². The lowest BCUT2D eigenvalue weighted by Crippen LogP contribution is -2.23. The van der Waals surface area contributed by atoms with E-state index >= 15 is 0 Å². The van der Waals surface area contributed by atoms with E-state index in [0.717, 1.165) is 0 Å². The molecule has 14 heavy (non-hydrogen) atoms. The van der Waals surface area contributed by atoms with Gasteiger partial charge in [0.25, 0.3) is 0 Å². The molecular weight excluding hydrogens is 222 g/mol. The van der Waals surface area contributed by atoms with Crippen LogP contribution in [0.3, 0.4) is 0 Å². The molecule has 0 saturated carbocycles. The second-order valence-corrected chi connectivity index (χ2v) is 5.79. The summed E-state index contributed by atoms with van der Waals surface area (Å²) in [4.78, 5) is 0. The molecule has 0 aliphatic heterocycles. The topological polar surface area (TPSA) is 37.4 Å². The van der Waals surface area contributed by atoms with Gasteiger partial charge in [-0.15, -0.1) is 0 Å². The van der Waals surface area contributed by atoms with E-state index in [1.807, 2.05) is 0 Å². The molecule has 0 aliphatic carbocycles. The lowest BCUT2D eigenvalue weighted by atomic mass is 10.2. The fourth-order valence-corrected chi connectivity index (χ4v) is 2.04. The highest BCUT2D eigenvalue weighted by molar-refractivity contribution is 7.88. The zero-order chi connectivity index (χ0) is 10.8. The SMILES string of the molecule is CN(C)S(=O)(=O)Cc1cccc(Cl)c1. The fraction of sp³-hybridized carbons (Fsp3) is 0.333. The monoisotopic (exact) mass is 233 g/mol. The average molecular weight is 234 g/mol. The van der Waals surface area contributed by atoms with Crippen LogP contribution >= 0.6 is 11.6 Å². The van der Waals surface area contributed by atoms with Gasteiger partial charge in [0.1, 0.15) is 0 Å². The highest BCUT2D eigenvalue weighted by Crippen LogP contribution is 2.14. The number of halogens is 1. The molecule has 0 heterocycles. The normalized spacial score (nSPS) is 12.0. The third-order valence-electron chi connectivity index (χ3n) is 1.79. The van der Waals surface area contributed by atoms with Crippen molar-refractivity contribution in [2.75, 3.05) is 14.1 Å². The molecule has 0 atom stereocenters. The van der Waals surface area contributed by atoms with Crippen molar-refractivity contribution in [2.24, 2.45) is 0 Å². The highest BCUT2D eigenvalue weighted by atomic mass is 35.5.